The Morgan fingerprint density at radius 3 is 2.72 bits per heavy atom. The third kappa shape index (κ3) is 3.12. The Balaban J connectivity index is 2.13. The molecule has 1 aliphatic rings. The van der Waals surface area contributed by atoms with Crippen molar-refractivity contribution in [3.05, 3.63) is 34.1 Å². The summed E-state index contributed by atoms with van der Waals surface area (Å²) in [5, 5.41) is 10.7. The van der Waals surface area contributed by atoms with Crippen molar-refractivity contribution in [2.45, 2.75) is 45.1 Å². The van der Waals surface area contributed by atoms with Gasteiger partial charge < -0.3 is 5.11 Å². The van der Waals surface area contributed by atoms with Gasteiger partial charge in [-0.2, -0.15) is 0 Å². The fraction of sp³-hybridized carbons (Fsp3) is 0.600. The first-order valence-corrected chi connectivity index (χ1v) is 7.35. The Morgan fingerprint density at radius 2 is 2.11 bits per heavy atom. The van der Waals surface area contributed by atoms with Crippen LogP contribution in [-0.4, -0.2) is 10.7 Å². The van der Waals surface area contributed by atoms with Crippen molar-refractivity contribution in [1.29, 1.82) is 0 Å². The van der Waals surface area contributed by atoms with E-state index in [9.17, 15) is 9.50 Å². The molecule has 3 unspecified atom stereocenters. The summed E-state index contributed by atoms with van der Waals surface area (Å²) >= 11 is 3.37. The second-order valence-corrected chi connectivity index (χ2v) is 6.69. The lowest BCUT2D eigenvalue weighted by molar-refractivity contribution is -0.0280. The van der Waals surface area contributed by atoms with Crippen molar-refractivity contribution < 1.29 is 9.50 Å². The van der Waals surface area contributed by atoms with Crippen LogP contribution in [0.1, 0.15) is 38.7 Å². The summed E-state index contributed by atoms with van der Waals surface area (Å²) in [6.07, 6.45) is 3.34. The van der Waals surface area contributed by atoms with Gasteiger partial charge in [0.2, 0.25) is 0 Å². The SMILES string of the molecule is CC1CCC(O)(Cc2ccc(F)cc2Br)CC1C. The van der Waals surface area contributed by atoms with Crippen LogP contribution in [-0.2, 0) is 6.42 Å². The van der Waals surface area contributed by atoms with Crippen LogP contribution >= 0.6 is 15.9 Å². The third-order valence-electron chi connectivity index (χ3n) is 4.27. The van der Waals surface area contributed by atoms with Gasteiger partial charge in [-0.1, -0.05) is 35.8 Å². The van der Waals surface area contributed by atoms with Gasteiger partial charge >= 0.3 is 0 Å². The Hall–Kier alpha value is -0.410. The average Bonchev–Trinajstić information content (AvgIpc) is 2.28. The van der Waals surface area contributed by atoms with Gasteiger partial charge in [-0.15, -0.1) is 0 Å². The van der Waals surface area contributed by atoms with Crippen molar-refractivity contribution >= 4 is 15.9 Å². The van der Waals surface area contributed by atoms with Crippen LogP contribution in [0.15, 0.2) is 22.7 Å². The Bertz CT molecular complexity index is 435. The minimum Gasteiger partial charge on any atom is -0.390 e. The molecule has 1 N–H and O–H groups in total. The average molecular weight is 315 g/mol. The molecule has 0 heterocycles. The molecule has 0 aromatic heterocycles. The number of benzene rings is 1. The molecule has 3 heteroatoms. The monoisotopic (exact) mass is 314 g/mol. The van der Waals surface area contributed by atoms with Crippen LogP contribution in [0.5, 0.6) is 0 Å². The molecule has 0 radical (unpaired) electrons. The number of hydrogen-bond acceptors (Lipinski definition) is 1. The lowest BCUT2D eigenvalue weighted by atomic mass is 9.71. The summed E-state index contributed by atoms with van der Waals surface area (Å²) in [5.74, 6) is 0.980. The number of halogens is 2. The van der Waals surface area contributed by atoms with Crippen molar-refractivity contribution in [1.82, 2.24) is 0 Å². The molecule has 100 valence electrons. The zero-order valence-corrected chi connectivity index (χ0v) is 12.5. The van der Waals surface area contributed by atoms with E-state index in [1.54, 1.807) is 6.07 Å². The zero-order chi connectivity index (χ0) is 13.3. The van der Waals surface area contributed by atoms with Crippen LogP contribution in [0, 0.1) is 17.7 Å². The largest absolute Gasteiger partial charge is 0.390 e. The maximum atomic E-state index is 13.0. The molecule has 18 heavy (non-hydrogen) atoms. The summed E-state index contributed by atoms with van der Waals surface area (Å²) in [6, 6.07) is 4.69. The molecule has 0 saturated heterocycles. The molecule has 1 aromatic carbocycles. The Kier molecular flexibility index (Phi) is 4.12. The summed E-state index contributed by atoms with van der Waals surface area (Å²) in [7, 11) is 0. The maximum absolute atomic E-state index is 13.0. The first-order valence-electron chi connectivity index (χ1n) is 6.56. The van der Waals surface area contributed by atoms with E-state index < -0.39 is 5.60 Å². The zero-order valence-electron chi connectivity index (χ0n) is 10.9. The molecule has 0 aliphatic heterocycles. The van der Waals surface area contributed by atoms with E-state index in [0.29, 0.717) is 18.3 Å². The van der Waals surface area contributed by atoms with Crippen LogP contribution in [0.2, 0.25) is 0 Å². The molecule has 0 spiro atoms. The molecule has 1 nitrogen and oxygen atoms in total. The first-order chi connectivity index (χ1) is 8.39. The standard InChI is InChI=1S/C15H20BrFO/c1-10-5-6-15(18,8-11(10)2)9-12-3-4-13(17)7-14(12)16/h3-4,7,10-11,18H,5-6,8-9H2,1-2H3. The number of rotatable bonds is 2. The summed E-state index contributed by atoms with van der Waals surface area (Å²) < 4.78 is 13.8. The van der Waals surface area contributed by atoms with Gasteiger partial charge in [-0.25, -0.2) is 4.39 Å². The Labute approximate surface area is 117 Å². The molecule has 1 aliphatic carbocycles. The minimum absolute atomic E-state index is 0.247. The molecular weight excluding hydrogens is 295 g/mol. The predicted octanol–water partition coefficient (Wildman–Crippen LogP) is 4.32. The highest BCUT2D eigenvalue weighted by Gasteiger charge is 2.36. The molecule has 0 amide bonds. The van der Waals surface area contributed by atoms with E-state index in [-0.39, 0.29) is 5.82 Å². The van der Waals surface area contributed by atoms with Gasteiger partial charge in [-0.05, 0) is 48.8 Å². The molecule has 1 aromatic rings. The minimum atomic E-state index is -0.633. The van der Waals surface area contributed by atoms with E-state index in [0.717, 1.165) is 29.3 Å². The Morgan fingerprint density at radius 1 is 1.39 bits per heavy atom. The molecule has 1 saturated carbocycles. The van der Waals surface area contributed by atoms with Gasteiger partial charge in [0, 0.05) is 10.9 Å². The molecule has 2 rings (SSSR count). The quantitative estimate of drug-likeness (QED) is 0.862. The van der Waals surface area contributed by atoms with Gasteiger partial charge in [0.1, 0.15) is 5.82 Å². The highest BCUT2D eigenvalue weighted by atomic mass is 79.9. The molecule has 1 fully saturated rings. The van der Waals surface area contributed by atoms with Crippen LogP contribution in [0.4, 0.5) is 4.39 Å². The van der Waals surface area contributed by atoms with E-state index in [1.807, 2.05) is 0 Å². The first kappa shape index (κ1) is 14.0. The number of aliphatic hydroxyl groups is 1. The summed E-state index contributed by atoms with van der Waals surface area (Å²) in [5.41, 5.74) is 0.354. The summed E-state index contributed by atoms with van der Waals surface area (Å²) in [6.45, 7) is 4.45. The van der Waals surface area contributed by atoms with Gasteiger partial charge in [0.15, 0.2) is 0 Å². The van der Waals surface area contributed by atoms with Crippen molar-refractivity contribution in [2.75, 3.05) is 0 Å². The number of hydrogen-bond donors (Lipinski definition) is 1. The van der Waals surface area contributed by atoms with Gasteiger partial charge in [0.25, 0.3) is 0 Å². The maximum Gasteiger partial charge on any atom is 0.124 e. The molecular formula is C15H20BrFO. The van der Waals surface area contributed by atoms with Crippen molar-refractivity contribution in [3.8, 4) is 0 Å². The topological polar surface area (TPSA) is 20.2 Å². The van der Waals surface area contributed by atoms with E-state index in [2.05, 4.69) is 29.8 Å². The van der Waals surface area contributed by atoms with E-state index in [1.165, 1.54) is 12.1 Å². The van der Waals surface area contributed by atoms with Gasteiger partial charge in [-0.3, -0.25) is 0 Å². The second-order valence-electron chi connectivity index (χ2n) is 5.83. The third-order valence-corrected chi connectivity index (χ3v) is 5.01. The molecule has 3 atom stereocenters. The normalized spacial score (nSPS) is 32.5. The predicted molar refractivity (Wildman–Crippen MR) is 74.9 cm³/mol. The van der Waals surface area contributed by atoms with Crippen molar-refractivity contribution in [2.24, 2.45) is 11.8 Å². The fourth-order valence-electron chi connectivity index (χ4n) is 2.86. The van der Waals surface area contributed by atoms with Crippen molar-refractivity contribution in [3.63, 3.8) is 0 Å². The van der Waals surface area contributed by atoms with Crippen LogP contribution in [0.25, 0.3) is 0 Å². The second kappa shape index (κ2) is 5.30. The van der Waals surface area contributed by atoms with Crippen LogP contribution in [0.3, 0.4) is 0 Å². The van der Waals surface area contributed by atoms with Crippen LogP contribution < -0.4 is 0 Å². The lowest BCUT2D eigenvalue weighted by Gasteiger charge is -2.39. The van der Waals surface area contributed by atoms with E-state index in [4.69, 9.17) is 0 Å². The fourth-order valence-corrected chi connectivity index (χ4v) is 3.35. The lowest BCUT2D eigenvalue weighted by Crippen LogP contribution is -2.39. The van der Waals surface area contributed by atoms with Gasteiger partial charge in [0.05, 0.1) is 5.60 Å². The smallest absolute Gasteiger partial charge is 0.124 e. The molecule has 0 bridgehead atoms. The highest BCUT2D eigenvalue weighted by Crippen LogP contribution is 2.39. The highest BCUT2D eigenvalue weighted by molar-refractivity contribution is 9.10. The summed E-state index contributed by atoms with van der Waals surface area (Å²) in [4.78, 5) is 0. The van der Waals surface area contributed by atoms with E-state index >= 15 is 0 Å².